The van der Waals surface area contributed by atoms with Crippen molar-refractivity contribution in [1.29, 1.82) is 0 Å². The Hall–Kier alpha value is -3.43. The van der Waals surface area contributed by atoms with E-state index in [1.807, 2.05) is 59.6 Å². The fraction of sp³-hybridized carbons (Fsp3) is 0.250. The summed E-state index contributed by atoms with van der Waals surface area (Å²) in [4.78, 5) is 26.0. The molecule has 2 bridgehead atoms. The number of benzene rings is 2. The predicted molar refractivity (Wildman–Crippen MR) is 125 cm³/mol. The lowest BCUT2D eigenvalue weighted by atomic mass is 9.95. The number of hydrogen-bond donors (Lipinski definition) is 2. The van der Waals surface area contributed by atoms with Crippen molar-refractivity contribution in [3.8, 4) is 11.5 Å². The number of carbonyl (C=O) groups excluding carboxylic acids is 1. The van der Waals surface area contributed by atoms with Gasteiger partial charge in [-0.15, -0.1) is 12.6 Å². The van der Waals surface area contributed by atoms with Crippen molar-refractivity contribution in [3.63, 3.8) is 0 Å². The smallest absolute Gasteiger partial charge is 0.277 e. The van der Waals surface area contributed by atoms with Gasteiger partial charge >= 0.3 is 0 Å². The summed E-state index contributed by atoms with van der Waals surface area (Å²) < 4.78 is 13.2. The first-order valence-electron chi connectivity index (χ1n) is 10.6. The number of pyridine rings is 1. The molecule has 1 aromatic heterocycles. The first kappa shape index (κ1) is 21.4. The van der Waals surface area contributed by atoms with Gasteiger partial charge in [-0.3, -0.25) is 19.3 Å². The Morgan fingerprint density at radius 2 is 1.70 bits per heavy atom. The fourth-order valence-corrected chi connectivity index (χ4v) is 4.77. The highest BCUT2D eigenvalue weighted by molar-refractivity contribution is 7.81. The number of thiol groups is 1. The molecule has 3 aromatic rings. The zero-order valence-electron chi connectivity index (χ0n) is 17.8. The summed E-state index contributed by atoms with van der Waals surface area (Å²) >= 11 is 5.24. The van der Waals surface area contributed by atoms with E-state index < -0.39 is 22.0 Å². The summed E-state index contributed by atoms with van der Waals surface area (Å²) in [6.07, 6.45) is 1.49. The van der Waals surface area contributed by atoms with Gasteiger partial charge < -0.3 is 19.5 Å². The molecule has 1 amide bonds. The standard InChI is InChI=1S/C24H23N3O5S/c28-19-10-11-26-21(22(19)29)23(30)25-12-13-31-14-15-32-20-9-5-4-8-18(20)24(33,27(26)16-25)17-6-2-1-3-7-17/h1-11,29,33H,12-16H2/t24-/m0/s1. The fourth-order valence-electron chi connectivity index (χ4n) is 4.27. The largest absolute Gasteiger partial charge is 0.502 e. The summed E-state index contributed by atoms with van der Waals surface area (Å²) in [6, 6.07) is 18.4. The first-order chi connectivity index (χ1) is 16.0. The number of ether oxygens (including phenoxy) is 2. The van der Waals surface area contributed by atoms with Crippen LogP contribution in [0.1, 0.15) is 21.6 Å². The molecular weight excluding hydrogens is 442 g/mol. The second kappa shape index (κ2) is 8.49. The van der Waals surface area contributed by atoms with E-state index in [4.69, 9.17) is 22.1 Å². The first-order valence-corrected chi connectivity index (χ1v) is 11.1. The van der Waals surface area contributed by atoms with Crippen LogP contribution in [0.5, 0.6) is 11.5 Å². The predicted octanol–water partition coefficient (Wildman–Crippen LogP) is 2.15. The number of aromatic hydroxyl groups is 1. The van der Waals surface area contributed by atoms with Crippen LogP contribution in [0.25, 0.3) is 0 Å². The molecule has 9 heteroatoms. The zero-order valence-corrected chi connectivity index (χ0v) is 18.6. The number of amides is 1. The van der Waals surface area contributed by atoms with Gasteiger partial charge in [-0.05, 0) is 11.6 Å². The molecule has 1 atom stereocenters. The molecule has 170 valence electrons. The van der Waals surface area contributed by atoms with Crippen molar-refractivity contribution in [3.05, 3.63) is 93.9 Å². The maximum Gasteiger partial charge on any atom is 0.277 e. The van der Waals surface area contributed by atoms with Crippen molar-refractivity contribution >= 4 is 18.5 Å². The van der Waals surface area contributed by atoms with Crippen LogP contribution in [0.3, 0.4) is 0 Å². The maximum atomic E-state index is 13.3. The van der Waals surface area contributed by atoms with E-state index in [2.05, 4.69) is 0 Å². The van der Waals surface area contributed by atoms with Crippen LogP contribution in [0.2, 0.25) is 0 Å². The number of fused-ring (bicyclic) bond motifs is 5. The Kier molecular flexibility index (Phi) is 5.51. The summed E-state index contributed by atoms with van der Waals surface area (Å²) in [6.45, 7) is 1.40. The van der Waals surface area contributed by atoms with E-state index in [9.17, 15) is 14.7 Å². The number of carbonyl (C=O) groups is 1. The van der Waals surface area contributed by atoms with E-state index in [-0.39, 0.29) is 25.5 Å². The monoisotopic (exact) mass is 465 g/mol. The van der Waals surface area contributed by atoms with Crippen LogP contribution < -0.4 is 15.2 Å². The second-order valence-corrected chi connectivity index (χ2v) is 8.47. The van der Waals surface area contributed by atoms with Gasteiger partial charge in [0, 0.05) is 24.4 Å². The van der Waals surface area contributed by atoms with Gasteiger partial charge in [0.15, 0.2) is 16.3 Å². The number of aromatic nitrogens is 1. The van der Waals surface area contributed by atoms with Crippen LogP contribution in [0, 0.1) is 0 Å². The normalized spacial score (nSPS) is 20.7. The summed E-state index contributed by atoms with van der Waals surface area (Å²) in [5.41, 5.74) is 0.843. The third kappa shape index (κ3) is 3.53. The average Bonchev–Trinajstić information content (AvgIpc) is 2.84. The number of rotatable bonds is 1. The lowest BCUT2D eigenvalue weighted by Gasteiger charge is -2.49. The van der Waals surface area contributed by atoms with Gasteiger partial charge in [-0.2, -0.15) is 0 Å². The molecular formula is C24H23N3O5S. The molecule has 2 aromatic carbocycles. The number of para-hydroxylation sites is 1. The molecule has 2 aliphatic heterocycles. The van der Waals surface area contributed by atoms with E-state index in [0.717, 1.165) is 11.1 Å². The molecule has 0 aliphatic carbocycles. The Bertz CT molecular complexity index is 1250. The van der Waals surface area contributed by atoms with Gasteiger partial charge in [-0.25, -0.2) is 0 Å². The van der Waals surface area contributed by atoms with E-state index >= 15 is 0 Å². The SMILES string of the molecule is O=C1c2c(O)c(=O)ccn2N2CN1CCOCCOc1ccccc1[C@@]2(S)c1ccccc1. The topological polar surface area (TPSA) is 84.2 Å². The van der Waals surface area contributed by atoms with Gasteiger partial charge in [0.1, 0.15) is 19.0 Å². The van der Waals surface area contributed by atoms with E-state index in [1.165, 1.54) is 16.9 Å². The molecule has 5 rings (SSSR count). The minimum atomic E-state index is -1.12. The van der Waals surface area contributed by atoms with Crippen molar-refractivity contribution in [2.75, 3.05) is 38.0 Å². The summed E-state index contributed by atoms with van der Waals surface area (Å²) in [7, 11) is 0. The Morgan fingerprint density at radius 3 is 2.52 bits per heavy atom. The Labute approximate surface area is 196 Å². The minimum absolute atomic E-state index is 0.112. The lowest BCUT2D eigenvalue weighted by Crippen LogP contribution is -2.61. The summed E-state index contributed by atoms with van der Waals surface area (Å²) in [5, 5.41) is 12.4. The van der Waals surface area contributed by atoms with Crippen molar-refractivity contribution < 1.29 is 19.4 Å². The minimum Gasteiger partial charge on any atom is -0.502 e. The average molecular weight is 466 g/mol. The highest BCUT2D eigenvalue weighted by Crippen LogP contribution is 2.44. The molecule has 0 spiro atoms. The third-order valence-corrected chi connectivity index (χ3v) is 6.64. The molecule has 0 radical (unpaired) electrons. The highest BCUT2D eigenvalue weighted by Gasteiger charge is 2.45. The van der Waals surface area contributed by atoms with Gasteiger partial charge in [0.2, 0.25) is 5.43 Å². The lowest BCUT2D eigenvalue weighted by molar-refractivity contribution is 0.0497. The van der Waals surface area contributed by atoms with Crippen LogP contribution in [0.15, 0.2) is 71.7 Å². The molecule has 33 heavy (non-hydrogen) atoms. The van der Waals surface area contributed by atoms with Gasteiger partial charge in [-0.1, -0.05) is 48.5 Å². The molecule has 1 N–H and O–H groups in total. The van der Waals surface area contributed by atoms with Crippen LogP contribution >= 0.6 is 12.6 Å². The van der Waals surface area contributed by atoms with Crippen molar-refractivity contribution in [2.24, 2.45) is 0 Å². The Balaban J connectivity index is 1.82. The number of hydrogen-bond acceptors (Lipinski definition) is 7. The molecule has 3 heterocycles. The molecule has 8 nitrogen and oxygen atoms in total. The van der Waals surface area contributed by atoms with E-state index in [1.54, 1.807) is 4.90 Å². The molecule has 0 unspecified atom stereocenters. The zero-order chi connectivity index (χ0) is 23.0. The molecule has 0 saturated heterocycles. The summed E-state index contributed by atoms with van der Waals surface area (Å²) in [5.74, 6) is -0.426. The van der Waals surface area contributed by atoms with Crippen LogP contribution in [-0.4, -0.2) is 53.6 Å². The molecule has 2 aliphatic rings. The maximum absolute atomic E-state index is 13.3. The molecule has 0 fully saturated rings. The second-order valence-electron chi connectivity index (χ2n) is 7.83. The number of nitrogens with zero attached hydrogens (tertiary/aromatic N) is 3. The highest BCUT2D eigenvalue weighted by atomic mass is 32.1. The van der Waals surface area contributed by atoms with E-state index in [0.29, 0.717) is 19.0 Å². The van der Waals surface area contributed by atoms with Crippen molar-refractivity contribution in [2.45, 2.75) is 4.87 Å². The quantitative estimate of drug-likeness (QED) is 0.536. The Morgan fingerprint density at radius 1 is 0.939 bits per heavy atom. The third-order valence-electron chi connectivity index (χ3n) is 5.91. The van der Waals surface area contributed by atoms with Gasteiger partial charge in [0.25, 0.3) is 5.91 Å². The van der Waals surface area contributed by atoms with Gasteiger partial charge in [0.05, 0.1) is 13.2 Å². The van der Waals surface area contributed by atoms with Crippen molar-refractivity contribution in [1.82, 2.24) is 9.58 Å². The van der Waals surface area contributed by atoms with Crippen LogP contribution in [-0.2, 0) is 9.61 Å². The van der Waals surface area contributed by atoms with Crippen LogP contribution in [0.4, 0.5) is 0 Å². The molecule has 0 saturated carbocycles.